The van der Waals surface area contributed by atoms with Crippen molar-refractivity contribution in [2.75, 3.05) is 14.2 Å². The van der Waals surface area contributed by atoms with E-state index in [-0.39, 0.29) is 23.5 Å². The van der Waals surface area contributed by atoms with Crippen molar-refractivity contribution in [1.29, 1.82) is 0 Å². The minimum atomic E-state index is -4.51. The first kappa shape index (κ1) is 26.3. The van der Waals surface area contributed by atoms with E-state index in [1.165, 1.54) is 32.4 Å². The van der Waals surface area contributed by atoms with Gasteiger partial charge in [-0.1, -0.05) is 24.3 Å². The Morgan fingerprint density at radius 2 is 1.64 bits per heavy atom. The molecule has 0 atom stereocenters. The first-order chi connectivity index (χ1) is 17.1. The lowest BCUT2D eigenvalue weighted by Crippen LogP contribution is -2.08. The van der Waals surface area contributed by atoms with Gasteiger partial charge < -0.3 is 23.8 Å². The third-order valence-corrected chi connectivity index (χ3v) is 5.41. The van der Waals surface area contributed by atoms with Crippen molar-refractivity contribution in [2.45, 2.75) is 19.5 Å². The van der Waals surface area contributed by atoms with Gasteiger partial charge in [0.2, 0.25) is 5.78 Å². The molecule has 0 unspecified atom stereocenters. The normalized spacial score (nSPS) is 10.9. The summed E-state index contributed by atoms with van der Waals surface area (Å²) in [5.74, 6) is 0.589. The van der Waals surface area contributed by atoms with Gasteiger partial charge in [-0.3, -0.25) is 4.79 Å². The van der Waals surface area contributed by atoms with Gasteiger partial charge in [0, 0.05) is 23.1 Å². The van der Waals surface area contributed by atoms with Crippen LogP contribution in [0.3, 0.4) is 0 Å². The smallest absolute Gasteiger partial charge is 0.416 e. The molecule has 0 amide bonds. The van der Waals surface area contributed by atoms with Crippen LogP contribution in [0, 0.1) is 6.92 Å². The number of phenolic OH excluding ortho intramolecular Hbond substituents is 1. The summed E-state index contributed by atoms with van der Waals surface area (Å²) in [5, 5.41) is 9.95. The molecule has 36 heavy (non-hydrogen) atoms. The lowest BCUT2D eigenvalue weighted by molar-refractivity contribution is -0.137. The molecular weight excluding hydrogens is 477 g/mol. The number of rotatable bonds is 6. The summed E-state index contributed by atoms with van der Waals surface area (Å²) in [5.41, 5.74) is 0.563. The molecule has 0 spiro atoms. The molecule has 4 aromatic rings. The topological polar surface area (TPSA) is 86.0 Å². The van der Waals surface area contributed by atoms with E-state index < -0.39 is 17.5 Å². The zero-order valence-corrected chi connectivity index (χ0v) is 19.7. The van der Waals surface area contributed by atoms with E-state index in [4.69, 9.17) is 13.9 Å². The summed E-state index contributed by atoms with van der Waals surface area (Å²) in [6.07, 6.45) is -3.60. The van der Waals surface area contributed by atoms with Gasteiger partial charge in [0.15, 0.2) is 5.76 Å². The first-order valence-electron chi connectivity index (χ1n) is 10.7. The fourth-order valence-electron chi connectivity index (χ4n) is 3.65. The van der Waals surface area contributed by atoms with Crippen molar-refractivity contribution in [3.63, 3.8) is 0 Å². The molecule has 1 aromatic heterocycles. The number of fused-ring (bicyclic) bond motifs is 1. The van der Waals surface area contributed by atoms with Crippen LogP contribution in [0.5, 0.6) is 17.2 Å². The van der Waals surface area contributed by atoms with E-state index in [2.05, 4.69) is 0 Å². The molecule has 9 heteroatoms. The number of alkyl halides is 3. The molecule has 3 aromatic carbocycles. The summed E-state index contributed by atoms with van der Waals surface area (Å²) in [6, 6.07) is 14.3. The number of phenols is 1. The highest BCUT2D eigenvalue weighted by Gasteiger charge is 2.31. The minimum absolute atomic E-state index is 0.00817. The number of furan rings is 1. The van der Waals surface area contributed by atoms with Crippen molar-refractivity contribution < 1.29 is 41.8 Å². The zero-order chi connectivity index (χ0) is 26.5. The SMILES string of the molecule is COc1cccc(O)c1CC=O.COc1cccc2oc(C(=O)c3cccc(C(F)(F)F)c3)c(C)c12. The predicted octanol–water partition coefficient (Wildman–Crippen LogP) is 6.14. The van der Waals surface area contributed by atoms with Gasteiger partial charge in [0.25, 0.3) is 0 Å². The molecule has 188 valence electrons. The Hall–Kier alpha value is -4.27. The number of methoxy groups -OCH3 is 2. The number of hydrogen-bond donors (Lipinski definition) is 1. The van der Waals surface area contributed by atoms with E-state index in [0.717, 1.165) is 18.4 Å². The van der Waals surface area contributed by atoms with Gasteiger partial charge in [-0.05, 0) is 43.3 Å². The van der Waals surface area contributed by atoms with Crippen molar-refractivity contribution in [3.8, 4) is 17.2 Å². The molecule has 0 bridgehead atoms. The Labute approximate surface area is 204 Å². The van der Waals surface area contributed by atoms with Crippen LogP contribution in [0.25, 0.3) is 11.0 Å². The van der Waals surface area contributed by atoms with E-state index in [0.29, 0.717) is 33.6 Å². The number of carbonyl (C=O) groups excluding carboxylic acids is 2. The average Bonchev–Trinajstić information content (AvgIpc) is 3.21. The Balaban J connectivity index is 0.000000253. The van der Waals surface area contributed by atoms with Crippen molar-refractivity contribution in [2.24, 2.45) is 0 Å². The largest absolute Gasteiger partial charge is 0.508 e. The fourth-order valence-corrected chi connectivity index (χ4v) is 3.65. The molecule has 1 heterocycles. The number of halogens is 3. The molecule has 4 rings (SSSR count). The van der Waals surface area contributed by atoms with Crippen LogP contribution in [-0.2, 0) is 17.4 Å². The summed E-state index contributed by atoms with van der Waals surface area (Å²) in [6.45, 7) is 1.68. The highest BCUT2D eigenvalue weighted by Crippen LogP contribution is 2.35. The quantitative estimate of drug-likeness (QED) is 0.253. The first-order valence-corrected chi connectivity index (χ1v) is 10.7. The molecule has 0 radical (unpaired) electrons. The Bertz CT molecular complexity index is 1390. The molecule has 0 aliphatic carbocycles. The van der Waals surface area contributed by atoms with E-state index in [1.54, 1.807) is 37.3 Å². The molecule has 1 N–H and O–H groups in total. The van der Waals surface area contributed by atoms with Crippen molar-refractivity contribution in [1.82, 2.24) is 0 Å². The van der Waals surface area contributed by atoms with Gasteiger partial charge in [0.05, 0.1) is 25.2 Å². The fraction of sp³-hybridized carbons (Fsp3) is 0.185. The van der Waals surface area contributed by atoms with Crippen LogP contribution in [0.4, 0.5) is 13.2 Å². The Morgan fingerprint density at radius 3 is 2.28 bits per heavy atom. The highest BCUT2D eigenvalue weighted by atomic mass is 19.4. The van der Waals surface area contributed by atoms with Gasteiger partial charge >= 0.3 is 6.18 Å². The lowest BCUT2D eigenvalue weighted by atomic mass is 10.0. The molecule has 0 saturated heterocycles. The lowest BCUT2D eigenvalue weighted by Gasteiger charge is -2.07. The van der Waals surface area contributed by atoms with Crippen molar-refractivity contribution >= 4 is 23.0 Å². The van der Waals surface area contributed by atoms with Gasteiger partial charge in [-0.25, -0.2) is 0 Å². The van der Waals surface area contributed by atoms with Gasteiger partial charge in [-0.15, -0.1) is 0 Å². The van der Waals surface area contributed by atoms with Crippen LogP contribution >= 0.6 is 0 Å². The summed E-state index contributed by atoms with van der Waals surface area (Å²) >= 11 is 0. The molecular formula is C27H23F3O6. The van der Waals surface area contributed by atoms with Gasteiger partial charge in [-0.2, -0.15) is 13.2 Å². The number of ketones is 1. The van der Waals surface area contributed by atoms with Crippen LogP contribution in [0.2, 0.25) is 0 Å². The van der Waals surface area contributed by atoms with Crippen LogP contribution in [0.15, 0.2) is 65.1 Å². The van der Waals surface area contributed by atoms with Gasteiger partial charge in [0.1, 0.15) is 29.1 Å². The molecule has 0 aliphatic rings. The third-order valence-electron chi connectivity index (χ3n) is 5.41. The maximum absolute atomic E-state index is 12.8. The van der Waals surface area contributed by atoms with E-state index >= 15 is 0 Å². The zero-order valence-electron chi connectivity index (χ0n) is 19.7. The second kappa shape index (κ2) is 11.0. The molecule has 0 aliphatic heterocycles. The maximum Gasteiger partial charge on any atom is 0.416 e. The number of aromatic hydroxyl groups is 1. The average molecular weight is 500 g/mol. The van der Waals surface area contributed by atoms with E-state index in [9.17, 15) is 27.9 Å². The van der Waals surface area contributed by atoms with Crippen LogP contribution in [-0.4, -0.2) is 31.4 Å². The predicted molar refractivity (Wildman–Crippen MR) is 127 cm³/mol. The summed E-state index contributed by atoms with van der Waals surface area (Å²) < 4.78 is 54.3. The molecule has 6 nitrogen and oxygen atoms in total. The monoisotopic (exact) mass is 500 g/mol. The number of hydrogen-bond acceptors (Lipinski definition) is 6. The van der Waals surface area contributed by atoms with Crippen molar-refractivity contribution in [3.05, 3.63) is 88.7 Å². The Morgan fingerprint density at radius 1 is 1.00 bits per heavy atom. The molecule has 0 fully saturated rings. The summed E-state index contributed by atoms with van der Waals surface area (Å²) in [7, 11) is 3.00. The van der Waals surface area contributed by atoms with E-state index in [1.807, 2.05) is 0 Å². The number of carbonyl (C=O) groups is 2. The summed E-state index contributed by atoms with van der Waals surface area (Å²) in [4.78, 5) is 22.8. The minimum Gasteiger partial charge on any atom is -0.508 e. The maximum atomic E-state index is 12.8. The third kappa shape index (κ3) is 5.51. The Kier molecular flexibility index (Phi) is 8.03. The highest BCUT2D eigenvalue weighted by molar-refractivity contribution is 6.11. The number of aryl methyl sites for hydroxylation is 1. The number of aldehydes is 1. The number of ether oxygens (including phenoxy) is 2. The van der Waals surface area contributed by atoms with Crippen LogP contribution < -0.4 is 9.47 Å². The molecule has 0 saturated carbocycles. The standard InChI is InChI=1S/C18H13F3O3.C9H10O3/c1-10-15-13(23-2)7-4-8-14(15)24-17(10)16(22)11-5-3-6-12(9-11)18(19,20)21;1-12-9-4-2-3-8(11)7(9)5-6-10/h3-9H,1-2H3;2-4,6,11H,5H2,1H3. The number of benzene rings is 3. The van der Waals surface area contributed by atoms with Crippen LogP contribution in [0.1, 0.15) is 32.8 Å². The second-order valence-electron chi connectivity index (χ2n) is 7.63. The second-order valence-corrected chi connectivity index (χ2v) is 7.63.